The molecular weight excluding hydrogens is 450 g/mol. The van der Waals surface area contributed by atoms with Gasteiger partial charge in [-0.2, -0.15) is 0 Å². The van der Waals surface area contributed by atoms with E-state index in [-0.39, 0.29) is 16.6 Å². The van der Waals surface area contributed by atoms with Gasteiger partial charge in [0.2, 0.25) is 5.91 Å². The van der Waals surface area contributed by atoms with Gasteiger partial charge in [0.1, 0.15) is 11.9 Å². The maximum absolute atomic E-state index is 13.2. The molecule has 1 amide bonds. The highest BCUT2D eigenvalue weighted by Crippen LogP contribution is 2.24. The van der Waals surface area contributed by atoms with Crippen molar-refractivity contribution in [3.8, 4) is 0 Å². The number of amidine groups is 1. The van der Waals surface area contributed by atoms with Crippen molar-refractivity contribution in [2.24, 2.45) is 4.99 Å². The molecule has 1 aliphatic rings. The van der Waals surface area contributed by atoms with E-state index in [4.69, 9.17) is 0 Å². The van der Waals surface area contributed by atoms with Crippen LogP contribution in [0.2, 0.25) is 0 Å². The zero-order valence-electron chi connectivity index (χ0n) is 19.8. The molecule has 3 aromatic rings. The number of fused-ring (bicyclic) bond motifs is 2. The van der Waals surface area contributed by atoms with Crippen molar-refractivity contribution in [2.75, 3.05) is 26.0 Å². The van der Waals surface area contributed by atoms with Crippen LogP contribution < -0.4 is 10.0 Å². The molecule has 0 saturated heterocycles. The molecule has 1 aromatic heterocycles. The largest absolute Gasteiger partial charge is 0.346 e. The second-order valence-electron chi connectivity index (χ2n) is 8.81. The summed E-state index contributed by atoms with van der Waals surface area (Å²) in [6, 6.07) is 13.9. The number of amides is 1. The van der Waals surface area contributed by atoms with E-state index >= 15 is 0 Å². The Morgan fingerprint density at radius 1 is 1.18 bits per heavy atom. The van der Waals surface area contributed by atoms with E-state index in [0.29, 0.717) is 17.7 Å². The molecule has 1 atom stereocenters. The molecule has 9 heteroatoms. The van der Waals surface area contributed by atoms with Crippen LogP contribution in [-0.2, 0) is 21.4 Å². The monoisotopic (exact) mass is 481 g/mol. The molecule has 2 heterocycles. The minimum atomic E-state index is -3.66. The fourth-order valence-corrected chi connectivity index (χ4v) is 5.28. The first-order chi connectivity index (χ1) is 16.3. The lowest BCUT2D eigenvalue weighted by Crippen LogP contribution is -2.30. The van der Waals surface area contributed by atoms with Crippen LogP contribution in [0.4, 0.5) is 5.69 Å². The Morgan fingerprint density at radius 2 is 1.97 bits per heavy atom. The van der Waals surface area contributed by atoms with Gasteiger partial charge in [-0.3, -0.25) is 14.5 Å². The number of hydrogen-bond acceptors (Lipinski definition) is 5. The number of unbranched alkanes of at least 4 members (excludes halogenated alkanes) is 1. The van der Waals surface area contributed by atoms with Gasteiger partial charge in [0.05, 0.1) is 4.90 Å². The first kappa shape index (κ1) is 24.0. The average Bonchev–Trinajstić information content (AvgIpc) is 3.32. The Kier molecular flexibility index (Phi) is 7.04. The molecule has 1 aliphatic heterocycles. The quantitative estimate of drug-likeness (QED) is 0.489. The fourth-order valence-electron chi connectivity index (χ4n) is 4.04. The predicted molar refractivity (Wildman–Crippen MR) is 136 cm³/mol. The van der Waals surface area contributed by atoms with E-state index in [9.17, 15) is 13.2 Å². The normalized spacial score (nSPS) is 16.5. The fraction of sp³-hybridized carbons (Fsp3) is 0.360. The smallest absolute Gasteiger partial charge is 0.263 e. The van der Waals surface area contributed by atoms with Crippen molar-refractivity contribution in [3.05, 3.63) is 60.3 Å². The van der Waals surface area contributed by atoms with Crippen LogP contribution in [0.15, 0.2) is 64.6 Å². The van der Waals surface area contributed by atoms with E-state index in [2.05, 4.69) is 30.7 Å². The Hall–Kier alpha value is -3.17. The molecule has 34 heavy (non-hydrogen) atoms. The topological polar surface area (TPSA) is 95.8 Å². The van der Waals surface area contributed by atoms with Gasteiger partial charge in [-0.25, -0.2) is 8.42 Å². The van der Waals surface area contributed by atoms with E-state index < -0.39 is 16.1 Å². The summed E-state index contributed by atoms with van der Waals surface area (Å²) in [4.78, 5) is 20.1. The van der Waals surface area contributed by atoms with Crippen LogP contribution in [0.1, 0.15) is 31.7 Å². The van der Waals surface area contributed by atoms with E-state index in [1.54, 1.807) is 24.3 Å². The van der Waals surface area contributed by atoms with Gasteiger partial charge in [0.25, 0.3) is 10.0 Å². The number of carbonyl (C=O) groups excluding carboxylic acids is 1. The Balaban J connectivity index is 1.56. The molecule has 4 rings (SSSR count). The number of anilines is 1. The average molecular weight is 482 g/mol. The van der Waals surface area contributed by atoms with Gasteiger partial charge < -0.3 is 14.8 Å². The number of rotatable bonds is 9. The minimum Gasteiger partial charge on any atom is -0.346 e. The number of likely N-dealkylation sites (N-methyl/N-ethyl adjacent to an activating group) is 1. The number of nitrogens with zero attached hydrogens (tertiary/aromatic N) is 3. The molecule has 0 saturated carbocycles. The lowest BCUT2D eigenvalue weighted by Gasteiger charge is -2.14. The summed E-state index contributed by atoms with van der Waals surface area (Å²) in [6.45, 7) is 3.87. The summed E-state index contributed by atoms with van der Waals surface area (Å²) < 4.78 is 29.6. The van der Waals surface area contributed by atoms with Crippen LogP contribution in [0.3, 0.4) is 0 Å². The third-order valence-corrected chi connectivity index (χ3v) is 7.31. The molecule has 0 spiro atoms. The third kappa shape index (κ3) is 5.15. The molecule has 8 nitrogen and oxygen atoms in total. The van der Waals surface area contributed by atoms with Crippen molar-refractivity contribution in [2.45, 2.75) is 43.7 Å². The molecule has 0 aliphatic carbocycles. The van der Waals surface area contributed by atoms with Crippen LogP contribution in [0.5, 0.6) is 0 Å². The Bertz CT molecular complexity index is 1330. The molecule has 2 aromatic carbocycles. The Morgan fingerprint density at radius 3 is 2.74 bits per heavy atom. The third-order valence-electron chi connectivity index (χ3n) is 5.91. The standard InChI is InChI=1S/C25H31N5O3S/c1-4-5-9-21(27-24-20-8-6-7-10-23(20)34(32,33)28-24)25(31)26-19-11-12-22-18(17-19)13-14-30(22)16-15-29(2)3/h6-8,10-14,17,21H,4-5,9,15-16H2,1-3H3,(H,26,31)(H,27,28)/t21-/m0/s1. The zero-order valence-corrected chi connectivity index (χ0v) is 20.6. The van der Waals surface area contributed by atoms with Gasteiger partial charge in [-0.1, -0.05) is 31.9 Å². The summed E-state index contributed by atoms with van der Waals surface area (Å²) in [6.07, 6.45) is 4.29. The minimum absolute atomic E-state index is 0.188. The molecular formula is C25H31N5O3S. The first-order valence-corrected chi connectivity index (χ1v) is 13.0. The van der Waals surface area contributed by atoms with Gasteiger partial charge in [-0.05, 0) is 56.9 Å². The lowest BCUT2D eigenvalue weighted by atomic mass is 10.1. The molecule has 0 fully saturated rings. The van der Waals surface area contributed by atoms with Crippen molar-refractivity contribution >= 4 is 38.4 Å². The van der Waals surface area contributed by atoms with E-state index in [1.807, 2.05) is 45.3 Å². The van der Waals surface area contributed by atoms with Crippen molar-refractivity contribution in [1.82, 2.24) is 14.2 Å². The number of aromatic nitrogens is 1. The molecule has 0 radical (unpaired) electrons. The number of hydrogen-bond donors (Lipinski definition) is 2. The number of aliphatic imine (C=N–C) groups is 1. The van der Waals surface area contributed by atoms with Crippen molar-refractivity contribution in [3.63, 3.8) is 0 Å². The number of nitrogens with one attached hydrogen (secondary N) is 2. The maximum atomic E-state index is 13.2. The summed E-state index contributed by atoms with van der Waals surface area (Å²) in [5.41, 5.74) is 2.30. The van der Waals surface area contributed by atoms with Crippen molar-refractivity contribution in [1.29, 1.82) is 0 Å². The number of carbonyl (C=O) groups is 1. The van der Waals surface area contributed by atoms with Crippen LogP contribution in [0.25, 0.3) is 10.9 Å². The van der Waals surface area contributed by atoms with Gasteiger partial charge in [0, 0.05) is 41.4 Å². The molecule has 0 bridgehead atoms. The van der Waals surface area contributed by atoms with Crippen LogP contribution >= 0.6 is 0 Å². The highest BCUT2D eigenvalue weighted by Gasteiger charge is 2.31. The second-order valence-corrected chi connectivity index (χ2v) is 10.5. The second kappa shape index (κ2) is 9.99. The van der Waals surface area contributed by atoms with E-state index in [0.717, 1.165) is 36.8 Å². The lowest BCUT2D eigenvalue weighted by molar-refractivity contribution is -0.117. The predicted octanol–water partition coefficient (Wildman–Crippen LogP) is 3.44. The molecule has 180 valence electrons. The van der Waals surface area contributed by atoms with Gasteiger partial charge >= 0.3 is 0 Å². The number of sulfonamides is 1. The summed E-state index contributed by atoms with van der Waals surface area (Å²) >= 11 is 0. The van der Waals surface area contributed by atoms with E-state index in [1.165, 1.54) is 0 Å². The summed E-state index contributed by atoms with van der Waals surface area (Å²) in [7, 11) is 0.441. The maximum Gasteiger partial charge on any atom is 0.263 e. The van der Waals surface area contributed by atoms with Crippen LogP contribution in [-0.4, -0.2) is 56.3 Å². The highest BCUT2D eigenvalue weighted by atomic mass is 32.2. The van der Waals surface area contributed by atoms with Crippen LogP contribution in [0, 0.1) is 0 Å². The number of benzene rings is 2. The summed E-state index contributed by atoms with van der Waals surface area (Å²) in [5.74, 6) is -0.0313. The molecule has 0 unspecified atom stereocenters. The van der Waals surface area contributed by atoms with Gasteiger partial charge in [0.15, 0.2) is 0 Å². The SMILES string of the molecule is CCCC[C@H](N=C1NS(=O)(=O)c2ccccc21)C(=O)Nc1ccc2c(ccn2CCN(C)C)c1. The van der Waals surface area contributed by atoms with Gasteiger partial charge in [-0.15, -0.1) is 0 Å². The zero-order chi connectivity index (χ0) is 24.3. The summed E-state index contributed by atoms with van der Waals surface area (Å²) in [5, 5.41) is 4.03. The van der Waals surface area contributed by atoms with Crippen molar-refractivity contribution < 1.29 is 13.2 Å². The highest BCUT2D eigenvalue weighted by molar-refractivity contribution is 7.90. The Labute approximate surface area is 200 Å². The first-order valence-electron chi connectivity index (χ1n) is 11.5. The molecule has 2 N–H and O–H groups in total.